The molecule has 0 radical (unpaired) electrons. The molecule has 1 N–H and O–H groups in total. The molecule has 2 heterocycles. The van der Waals surface area contributed by atoms with Crippen LogP contribution in [0.3, 0.4) is 0 Å². The van der Waals surface area contributed by atoms with Crippen molar-refractivity contribution < 1.29 is 17.6 Å². The molecule has 152 valence electrons. The molecule has 0 spiro atoms. The van der Waals surface area contributed by atoms with Crippen molar-refractivity contribution in [2.24, 2.45) is 0 Å². The van der Waals surface area contributed by atoms with Crippen molar-refractivity contribution >= 4 is 21.6 Å². The summed E-state index contributed by atoms with van der Waals surface area (Å²) >= 11 is 6.07. The number of nitrogens with zero attached hydrogens (tertiary/aromatic N) is 1. The summed E-state index contributed by atoms with van der Waals surface area (Å²) in [7, 11) is -3.69. The Bertz CT molecular complexity index is 1220. The predicted molar refractivity (Wildman–Crippen MR) is 114 cm³/mol. The largest absolute Gasteiger partial charge is 0.463 e. The Labute approximate surface area is 179 Å². The van der Waals surface area contributed by atoms with Crippen molar-refractivity contribution in [1.82, 2.24) is 9.71 Å². The molecule has 2 aromatic heterocycles. The highest BCUT2D eigenvalue weighted by Crippen LogP contribution is 2.29. The van der Waals surface area contributed by atoms with Gasteiger partial charge >= 0.3 is 0 Å². The van der Waals surface area contributed by atoms with Gasteiger partial charge in [-0.15, -0.1) is 0 Å². The molecule has 4 rings (SSSR count). The first-order chi connectivity index (χ1) is 14.5. The van der Waals surface area contributed by atoms with Crippen LogP contribution in [0, 0.1) is 0 Å². The van der Waals surface area contributed by atoms with Gasteiger partial charge in [0.2, 0.25) is 10.0 Å². The lowest BCUT2D eigenvalue weighted by Crippen LogP contribution is -2.23. The van der Waals surface area contributed by atoms with E-state index >= 15 is 0 Å². The zero-order valence-electron chi connectivity index (χ0n) is 15.7. The SMILES string of the molecule is O=S(=O)(NCc1ccc(-c2ccco2)nc1)c1ccc(Oc2ccccc2Cl)cc1. The quantitative estimate of drug-likeness (QED) is 0.423. The number of aromatic nitrogens is 1. The van der Waals surface area contributed by atoms with Gasteiger partial charge in [-0.3, -0.25) is 4.98 Å². The number of hydrogen-bond donors (Lipinski definition) is 1. The van der Waals surface area contributed by atoms with E-state index in [0.29, 0.717) is 28.0 Å². The topological polar surface area (TPSA) is 81.4 Å². The molecule has 0 unspecified atom stereocenters. The normalized spacial score (nSPS) is 11.4. The summed E-state index contributed by atoms with van der Waals surface area (Å²) in [4.78, 5) is 4.43. The molecule has 4 aromatic rings. The summed E-state index contributed by atoms with van der Waals surface area (Å²) in [6.07, 6.45) is 3.19. The molecule has 0 fully saturated rings. The molecule has 2 aromatic carbocycles. The van der Waals surface area contributed by atoms with Gasteiger partial charge in [-0.05, 0) is 60.2 Å². The van der Waals surface area contributed by atoms with E-state index in [9.17, 15) is 8.42 Å². The average molecular weight is 441 g/mol. The van der Waals surface area contributed by atoms with Gasteiger partial charge in [-0.25, -0.2) is 13.1 Å². The van der Waals surface area contributed by atoms with Crippen LogP contribution in [0.1, 0.15) is 5.56 Å². The minimum Gasteiger partial charge on any atom is -0.463 e. The Morgan fingerprint density at radius 2 is 1.77 bits per heavy atom. The predicted octanol–water partition coefficient (Wildman–Crippen LogP) is 5.27. The summed E-state index contributed by atoms with van der Waals surface area (Å²) in [5.74, 6) is 1.64. The van der Waals surface area contributed by atoms with Gasteiger partial charge in [0, 0.05) is 12.7 Å². The average Bonchev–Trinajstić information content (AvgIpc) is 3.30. The third-order valence-corrected chi connectivity index (χ3v) is 5.99. The van der Waals surface area contributed by atoms with Crippen LogP contribution in [0.25, 0.3) is 11.5 Å². The maximum Gasteiger partial charge on any atom is 0.240 e. The van der Waals surface area contributed by atoms with Crippen molar-refractivity contribution in [1.29, 1.82) is 0 Å². The van der Waals surface area contributed by atoms with Gasteiger partial charge in [-0.1, -0.05) is 29.8 Å². The van der Waals surface area contributed by atoms with Crippen molar-refractivity contribution in [3.05, 3.63) is 95.8 Å². The second-order valence-electron chi connectivity index (χ2n) is 6.36. The fourth-order valence-electron chi connectivity index (χ4n) is 2.70. The second-order valence-corrected chi connectivity index (χ2v) is 8.53. The van der Waals surface area contributed by atoms with Crippen molar-refractivity contribution in [2.75, 3.05) is 0 Å². The van der Waals surface area contributed by atoms with E-state index in [-0.39, 0.29) is 11.4 Å². The number of halogens is 1. The molecular weight excluding hydrogens is 424 g/mol. The first-order valence-corrected chi connectivity index (χ1v) is 10.9. The lowest BCUT2D eigenvalue weighted by Gasteiger charge is -2.10. The molecule has 0 aliphatic rings. The number of pyridine rings is 1. The van der Waals surface area contributed by atoms with E-state index < -0.39 is 10.0 Å². The standard InChI is InChI=1S/C22H17ClN2O4S/c23-19-4-1-2-5-21(19)29-17-8-10-18(11-9-17)30(26,27)25-15-16-7-12-20(24-14-16)22-6-3-13-28-22/h1-14,25H,15H2. The summed E-state index contributed by atoms with van der Waals surface area (Å²) < 4.78 is 38.7. The van der Waals surface area contributed by atoms with Crippen LogP contribution in [0.5, 0.6) is 11.5 Å². The van der Waals surface area contributed by atoms with Gasteiger partial charge in [-0.2, -0.15) is 0 Å². The smallest absolute Gasteiger partial charge is 0.240 e. The number of furan rings is 1. The van der Waals surface area contributed by atoms with Gasteiger partial charge < -0.3 is 9.15 Å². The maximum absolute atomic E-state index is 12.6. The van der Waals surface area contributed by atoms with E-state index in [1.165, 1.54) is 12.1 Å². The van der Waals surface area contributed by atoms with Gasteiger partial charge in [0.05, 0.1) is 16.2 Å². The Balaban J connectivity index is 1.40. The highest BCUT2D eigenvalue weighted by molar-refractivity contribution is 7.89. The number of rotatable bonds is 7. The van der Waals surface area contributed by atoms with Crippen LogP contribution in [-0.2, 0) is 16.6 Å². The van der Waals surface area contributed by atoms with E-state index in [0.717, 1.165) is 5.56 Å². The van der Waals surface area contributed by atoms with Crippen LogP contribution in [0.4, 0.5) is 0 Å². The van der Waals surface area contributed by atoms with Crippen molar-refractivity contribution in [3.63, 3.8) is 0 Å². The van der Waals surface area contributed by atoms with E-state index in [4.69, 9.17) is 20.8 Å². The number of sulfonamides is 1. The molecule has 8 heteroatoms. The minimum atomic E-state index is -3.69. The molecule has 0 saturated carbocycles. The van der Waals surface area contributed by atoms with Crippen LogP contribution >= 0.6 is 11.6 Å². The van der Waals surface area contributed by atoms with E-state index in [1.807, 2.05) is 6.07 Å². The number of benzene rings is 2. The Morgan fingerprint density at radius 1 is 0.967 bits per heavy atom. The third-order valence-electron chi connectivity index (χ3n) is 4.26. The molecule has 0 bridgehead atoms. The highest BCUT2D eigenvalue weighted by Gasteiger charge is 2.14. The van der Waals surface area contributed by atoms with Crippen LogP contribution in [0.15, 0.2) is 94.6 Å². The molecular formula is C22H17ClN2O4S. The molecule has 0 saturated heterocycles. The summed E-state index contributed by atoms with van der Waals surface area (Å²) in [6, 6.07) is 20.4. The molecule has 30 heavy (non-hydrogen) atoms. The summed E-state index contributed by atoms with van der Waals surface area (Å²) in [5.41, 5.74) is 1.41. The Kier molecular flexibility index (Phi) is 5.85. The molecule has 0 amide bonds. The Morgan fingerprint density at radius 3 is 2.43 bits per heavy atom. The lowest BCUT2D eigenvalue weighted by molar-refractivity contribution is 0.482. The van der Waals surface area contributed by atoms with Gasteiger partial charge in [0.25, 0.3) is 0 Å². The molecule has 0 atom stereocenters. The van der Waals surface area contributed by atoms with E-state index in [1.54, 1.807) is 67.1 Å². The fourth-order valence-corrected chi connectivity index (χ4v) is 3.89. The number of para-hydroxylation sites is 1. The molecule has 0 aliphatic heterocycles. The fraction of sp³-hybridized carbons (Fsp3) is 0.0455. The summed E-state index contributed by atoms with van der Waals surface area (Å²) in [5, 5.41) is 0.475. The molecule has 0 aliphatic carbocycles. The first kappa shape index (κ1) is 20.2. The summed E-state index contributed by atoms with van der Waals surface area (Å²) in [6.45, 7) is 0.117. The minimum absolute atomic E-state index is 0.117. The number of hydrogen-bond acceptors (Lipinski definition) is 5. The number of ether oxygens (including phenoxy) is 1. The van der Waals surface area contributed by atoms with Gasteiger partial charge in [0.15, 0.2) is 5.76 Å². The maximum atomic E-state index is 12.6. The highest BCUT2D eigenvalue weighted by atomic mass is 35.5. The zero-order valence-corrected chi connectivity index (χ0v) is 17.2. The molecule has 6 nitrogen and oxygen atoms in total. The Hall–Kier alpha value is -3.13. The first-order valence-electron chi connectivity index (χ1n) is 9.02. The van der Waals surface area contributed by atoms with Gasteiger partial charge in [0.1, 0.15) is 17.2 Å². The van der Waals surface area contributed by atoms with Crippen molar-refractivity contribution in [3.8, 4) is 23.0 Å². The lowest BCUT2D eigenvalue weighted by atomic mass is 10.2. The van der Waals surface area contributed by atoms with Crippen LogP contribution < -0.4 is 9.46 Å². The zero-order chi connectivity index (χ0) is 21.0. The van der Waals surface area contributed by atoms with E-state index in [2.05, 4.69) is 9.71 Å². The third kappa shape index (κ3) is 4.71. The van der Waals surface area contributed by atoms with Crippen LogP contribution in [-0.4, -0.2) is 13.4 Å². The monoisotopic (exact) mass is 440 g/mol. The second kappa shape index (κ2) is 8.71. The van der Waals surface area contributed by atoms with Crippen molar-refractivity contribution in [2.45, 2.75) is 11.4 Å². The number of nitrogens with one attached hydrogen (secondary N) is 1. The van der Waals surface area contributed by atoms with Crippen LogP contribution in [0.2, 0.25) is 5.02 Å².